The topological polar surface area (TPSA) is 71.4 Å². The fourth-order valence-corrected chi connectivity index (χ4v) is 1.76. The van der Waals surface area contributed by atoms with Crippen LogP contribution in [-0.2, 0) is 14.9 Å². The first-order chi connectivity index (χ1) is 5.41. The summed E-state index contributed by atoms with van der Waals surface area (Å²) in [4.78, 5) is 10.6. The molecule has 0 aromatic heterocycles. The van der Waals surface area contributed by atoms with E-state index >= 15 is 0 Å². The van der Waals surface area contributed by atoms with Crippen molar-refractivity contribution in [3.05, 3.63) is 22.6 Å². The molecule has 0 heterocycles. The van der Waals surface area contributed by atoms with Gasteiger partial charge in [0.1, 0.15) is 0 Å². The predicted octanol–water partition coefficient (Wildman–Crippen LogP) is 0.677. The first kappa shape index (κ1) is 9.15. The van der Waals surface area contributed by atoms with E-state index in [1.807, 2.05) is 0 Å². The third-order valence-corrected chi connectivity index (χ3v) is 2.69. The summed E-state index contributed by atoms with van der Waals surface area (Å²) in [5.74, 6) is -0.312. The SMILES string of the molecule is CC1=C(S(=O)(=O)O)CC(=O)C=C1. The molecule has 0 aliphatic heterocycles. The van der Waals surface area contributed by atoms with Gasteiger partial charge >= 0.3 is 0 Å². The second-order valence-electron chi connectivity index (χ2n) is 2.56. The van der Waals surface area contributed by atoms with Crippen molar-refractivity contribution in [2.75, 3.05) is 0 Å². The summed E-state index contributed by atoms with van der Waals surface area (Å²) in [6, 6.07) is 0. The Morgan fingerprint density at radius 2 is 2.00 bits per heavy atom. The molecule has 1 aliphatic rings. The number of hydrogen-bond donors (Lipinski definition) is 1. The minimum Gasteiger partial charge on any atom is -0.294 e. The molecule has 0 radical (unpaired) electrons. The summed E-state index contributed by atoms with van der Waals surface area (Å²) in [6.07, 6.45) is 2.44. The maximum atomic E-state index is 10.8. The van der Waals surface area contributed by atoms with Crippen LogP contribution in [0.2, 0.25) is 0 Å². The Balaban J connectivity index is 3.20. The summed E-state index contributed by atoms with van der Waals surface area (Å²) >= 11 is 0. The van der Waals surface area contributed by atoms with Crippen molar-refractivity contribution < 1.29 is 17.8 Å². The van der Waals surface area contributed by atoms with Gasteiger partial charge in [-0.05, 0) is 18.6 Å². The Kier molecular flexibility index (Phi) is 2.16. The highest BCUT2D eigenvalue weighted by Gasteiger charge is 2.21. The summed E-state index contributed by atoms with van der Waals surface area (Å²) in [5, 5.41) is 0. The average molecular weight is 188 g/mol. The van der Waals surface area contributed by atoms with E-state index < -0.39 is 10.1 Å². The Labute approximate surface area is 70.3 Å². The van der Waals surface area contributed by atoms with E-state index in [1.165, 1.54) is 19.1 Å². The van der Waals surface area contributed by atoms with Gasteiger partial charge in [0.15, 0.2) is 5.78 Å². The highest BCUT2D eigenvalue weighted by atomic mass is 32.2. The first-order valence-corrected chi connectivity index (χ1v) is 4.73. The van der Waals surface area contributed by atoms with Gasteiger partial charge in [0.25, 0.3) is 10.1 Å². The number of hydrogen-bond acceptors (Lipinski definition) is 3. The van der Waals surface area contributed by atoms with Gasteiger partial charge in [-0.3, -0.25) is 9.35 Å². The normalized spacial score (nSPS) is 18.7. The molecule has 0 spiro atoms. The van der Waals surface area contributed by atoms with E-state index in [-0.39, 0.29) is 17.1 Å². The molecule has 0 amide bonds. The van der Waals surface area contributed by atoms with Gasteiger partial charge in [-0.2, -0.15) is 8.42 Å². The zero-order valence-corrected chi connectivity index (χ0v) is 7.26. The second-order valence-corrected chi connectivity index (χ2v) is 4.00. The van der Waals surface area contributed by atoms with Crippen LogP contribution in [0.5, 0.6) is 0 Å². The molecule has 0 bridgehead atoms. The van der Waals surface area contributed by atoms with Gasteiger partial charge in [-0.25, -0.2) is 0 Å². The van der Waals surface area contributed by atoms with E-state index in [4.69, 9.17) is 4.55 Å². The number of allylic oxidation sites excluding steroid dienone is 4. The summed E-state index contributed by atoms with van der Waals surface area (Å²) in [6.45, 7) is 1.53. The monoisotopic (exact) mass is 188 g/mol. The van der Waals surface area contributed by atoms with E-state index in [0.717, 1.165) is 0 Å². The van der Waals surface area contributed by atoms with Crippen LogP contribution in [0, 0.1) is 0 Å². The molecule has 5 heteroatoms. The lowest BCUT2D eigenvalue weighted by molar-refractivity contribution is -0.114. The lowest BCUT2D eigenvalue weighted by Gasteiger charge is -2.08. The minimum atomic E-state index is -4.20. The van der Waals surface area contributed by atoms with Crippen molar-refractivity contribution in [1.82, 2.24) is 0 Å². The van der Waals surface area contributed by atoms with Crippen LogP contribution in [0.3, 0.4) is 0 Å². The van der Waals surface area contributed by atoms with E-state index in [2.05, 4.69) is 0 Å². The molecule has 0 unspecified atom stereocenters. The molecule has 0 saturated carbocycles. The number of carbonyl (C=O) groups excluding carboxylic acids is 1. The van der Waals surface area contributed by atoms with Gasteiger partial charge in [0.05, 0.1) is 4.91 Å². The second kappa shape index (κ2) is 2.84. The lowest BCUT2D eigenvalue weighted by atomic mass is 10.1. The molecule has 0 fully saturated rings. The Morgan fingerprint density at radius 1 is 1.42 bits per heavy atom. The third kappa shape index (κ3) is 1.80. The molecule has 0 aromatic rings. The van der Waals surface area contributed by atoms with Crippen LogP contribution in [0.25, 0.3) is 0 Å². The van der Waals surface area contributed by atoms with Gasteiger partial charge in [-0.1, -0.05) is 6.08 Å². The highest BCUT2D eigenvalue weighted by Crippen LogP contribution is 2.20. The summed E-state index contributed by atoms with van der Waals surface area (Å²) in [7, 11) is -4.20. The molecule has 0 atom stereocenters. The number of carbonyl (C=O) groups is 1. The van der Waals surface area contributed by atoms with Crippen molar-refractivity contribution in [3.8, 4) is 0 Å². The van der Waals surface area contributed by atoms with Gasteiger partial charge in [0, 0.05) is 6.42 Å². The molecule has 1 aliphatic carbocycles. The third-order valence-electron chi connectivity index (χ3n) is 1.61. The molecular formula is C7H8O4S. The quantitative estimate of drug-likeness (QED) is 0.614. The van der Waals surface area contributed by atoms with Crippen LogP contribution in [0.4, 0.5) is 0 Å². The number of ketones is 1. The zero-order chi connectivity index (χ0) is 9.35. The van der Waals surface area contributed by atoms with Crippen LogP contribution in [0.1, 0.15) is 13.3 Å². The Bertz CT molecular complexity index is 372. The van der Waals surface area contributed by atoms with E-state index in [1.54, 1.807) is 0 Å². The van der Waals surface area contributed by atoms with Gasteiger partial charge in [-0.15, -0.1) is 0 Å². The van der Waals surface area contributed by atoms with Crippen molar-refractivity contribution in [3.63, 3.8) is 0 Å². The largest absolute Gasteiger partial charge is 0.294 e. The van der Waals surface area contributed by atoms with Crippen LogP contribution < -0.4 is 0 Å². The molecule has 0 saturated heterocycles. The summed E-state index contributed by atoms with van der Waals surface area (Å²) in [5.41, 5.74) is 0.414. The minimum absolute atomic E-state index is 0.199. The van der Waals surface area contributed by atoms with Crippen LogP contribution >= 0.6 is 0 Å². The van der Waals surface area contributed by atoms with Crippen LogP contribution in [-0.4, -0.2) is 18.8 Å². The maximum absolute atomic E-state index is 10.8. The lowest BCUT2D eigenvalue weighted by Crippen LogP contribution is -2.11. The molecular weight excluding hydrogens is 180 g/mol. The van der Waals surface area contributed by atoms with Crippen LogP contribution in [0.15, 0.2) is 22.6 Å². The molecule has 4 nitrogen and oxygen atoms in total. The zero-order valence-electron chi connectivity index (χ0n) is 6.44. The molecule has 66 valence electrons. The smallest absolute Gasteiger partial charge is 0.291 e. The van der Waals surface area contributed by atoms with E-state index in [0.29, 0.717) is 5.57 Å². The van der Waals surface area contributed by atoms with Gasteiger partial charge < -0.3 is 0 Å². The Morgan fingerprint density at radius 3 is 2.42 bits per heavy atom. The van der Waals surface area contributed by atoms with Gasteiger partial charge in [0.2, 0.25) is 0 Å². The average Bonchev–Trinajstić information content (AvgIpc) is 1.92. The maximum Gasteiger partial charge on any atom is 0.291 e. The van der Waals surface area contributed by atoms with E-state index in [9.17, 15) is 13.2 Å². The fourth-order valence-electron chi connectivity index (χ4n) is 0.962. The van der Waals surface area contributed by atoms with Crippen molar-refractivity contribution in [1.29, 1.82) is 0 Å². The first-order valence-electron chi connectivity index (χ1n) is 3.29. The van der Waals surface area contributed by atoms with Crippen molar-refractivity contribution in [2.45, 2.75) is 13.3 Å². The molecule has 0 aromatic carbocycles. The molecule has 1 N–H and O–H groups in total. The van der Waals surface area contributed by atoms with Crippen molar-refractivity contribution >= 4 is 15.9 Å². The number of rotatable bonds is 1. The highest BCUT2D eigenvalue weighted by molar-refractivity contribution is 7.89. The van der Waals surface area contributed by atoms with Crippen molar-refractivity contribution in [2.24, 2.45) is 0 Å². The molecule has 1 rings (SSSR count). The Hall–Kier alpha value is -0.940. The predicted molar refractivity (Wildman–Crippen MR) is 43.0 cm³/mol. The molecule has 12 heavy (non-hydrogen) atoms. The summed E-state index contributed by atoms with van der Waals surface area (Å²) < 4.78 is 30.0. The standard InChI is InChI=1S/C7H8O4S/c1-5-2-3-6(8)4-7(5)12(9,10)11/h2-3H,4H2,1H3,(H,9,10,11). The fraction of sp³-hybridized carbons (Fsp3) is 0.286.